The number of nitrogens with zero attached hydrogens (tertiary/aromatic N) is 2. The molecule has 152 valence electrons. The normalized spacial score (nSPS) is 26.6. The Balaban J connectivity index is 1.63. The van der Waals surface area contributed by atoms with Gasteiger partial charge >= 0.3 is 22.4 Å². The smallest absolute Gasteiger partial charge is 0.421 e. The molecule has 1 aliphatic carbocycles. The minimum atomic E-state index is -4.58. The van der Waals surface area contributed by atoms with Crippen LogP contribution in [0.2, 0.25) is 0 Å². The van der Waals surface area contributed by atoms with Crippen molar-refractivity contribution in [3.63, 3.8) is 0 Å². The van der Waals surface area contributed by atoms with Crippen LogP contribution in [0.4, 0.5) is 4.79 Å². The first-order valence-corrected chi connectivity index (χ1v) is 10.2. The van der Waals surface area contributed by atoms with Gasteiger partial charge in [-0.05, 0) is 32.6 Å². The number of nitrogens with two attached hydrogens (primary N) is 1. The van der Waals surface area contributed by atoms with Crippen LogP contribution in [0, 0.1) is 5.41 Å². The number of fused-ring (bicyclic) bond motifs is 2. The summed E-state index contributed by atoms with van der Waals surface area (Å²) in [7, 11) is -4.58. The molecule has 0 spiro atoms. The summed E-state index contributed by atoms with van der Waals surface area (Å²) in [5, 5.41) is 0.704. The molecule has 0 aromatic carbocycles. The summed E-state index contributed by atoms with van der Waals surface area (Å²) in [4.78, 5) is 37.0. The molecule has 3 aliphatic rings. The molecule has 27 heavy (non-hydrogen) atoms. The Morgan fingerprint density at radius 1 is 1.30 bits per heavy atom. The summed E-state index contributed by atoms with van der Waals surface area (Å²) < 4.78 is 39.1. The zero-order valence-electron chi connectivity index (χ0n) is 15.0. The molecule has 3 amide bonds. The van der Waals surface area contributed by atoms with Gasteiger partial charge in [0.2, 0.25) is 5.91 Å². The number of urea groups is 1. The first kappa shape index (κ1) is 19.8. The van der Waals surface area contributed by atoms with Crippen molar-refractivity contribution in [1.82, 2.24) is 9.96 Å². The van der Waals surface area contributed by atoms with E-state index < -0.39 is 52.4 Å². The summed E-state index contributed by atoms with van der Waals surface area (Å²) in [6.45, 7) is 1.59. The molecule has 12 heteroatoms. The van der Waals surface area contributed by atoms with Crippen molar-refractivity contribution in [2.24, 2.45) is 11.1 Å². The summed E-state index contributed by atoms with van der Waals surface area (Å²) >= 11 is 0. The molecular weight excluding hydrogens is 382 g/mol. The van der Waals surface area contributed by atoms with E-state index in [4.69, 9.17) is 18.9 Å². The summed E-state index contributed by atoms with van der Waals surface area (Å²) in [5.74, 6) is -1.15. The quantitative estimate of drug-likeness (QED) is 0.540. The number of hydrogen-bond acceptors (Lipinski definition) is 8. The fraction of sp³-hybridized carbons (Fsp3) is 0.800. The van der Waals surface area contributed by atoms with Crippen molar-refractivity contribution in [2.45, 2.75) is 51.1 Å². The number of carbonyl (C=O) groups excluding carboxylic acids is 3. The molecule has 2 N–H and O–H groups in total. The van der Waals surface area contributed by atoms with Crippen molar-refractivity contribution >= 4 is 28.3 Å². The van der Waals surface area contributed by atoms with Crippen LogP contribution in [0.15, 0.2) is 0 Å². The van der Waals surface area contributed by atoms with E-state index in [1.165, 1.54) is 4.90 Å². The van der Waals surface area contributed by atoms with Gasteiger partial charge in [-0.15, -0.1) is 4.28 Å². The Labute approximate surface area is 157 Å². The van der Waals surface area contributed by atoms with Gasteiger partial charge in [-0.25, -0.2) is 8.98 Å². The topological polar surface area (TPSA) is 146 Å². The lowest BCUT2D eigenvalue weighted by molar-refractivity contribution is -0.164. The number of ether oxygens (including phenoxy) is 1. The minimum Gasteiger partial charge on any atom is -0.465 e. The van der Waals surface area contributed by atoms with Gasteiger partial charge in [-0.1, -0.05) is 6.42 Å². The second-order valence-corrected chi connectivity index (χ2v) is 8.21. The van der Waals surface area contributed by atoms with Crippen LogP contribution >= 0.6 is 0 Å². The number of carbonyl (C=O) groups is 3. The SMILES string of the molecule is CCOC(=O)C1(COS(=O)(=O)ON2C(=O)N3CC2CCC3C(N)=O)CCC1. The van der Waals surface area contributed by atoms with Crippen molar-refractivity contribution < 1.29 is 36.0 Å². The number of piperidine rings is 1. The van der Waals surface area contributed by atoms with Crippen LogP contribution in [0.1, 0.15) is 39.0 Å². The van der Waals surface area contributed by atoms with E-state index in [2.05, 4.69) is 0 Å². The highest BCUT2D eigenvalue weighted by molar-refractivity contribution is 7.81. The third-order valence-corrected chi connectivity index (χ3v) is 6.07. The molecule has 2 saturated heterocycles. The monoisotopic (exact) mass is 405 g/mol. The van der Waals surface area contributed by atoms with Crippen molar-refractivity contribution in [1.29, 1.82) is 0 Å². The Kier molecular flexibility index (Phi) is 5.32. The molecule has 2 aliphatic heterocycles. The summed E-state index contributed by atoms with van der Waals surface area (Å²) in [6, 6.07) is -2.06. The molecule has 3 fully saturated rings. The lowest BCUT2D eigenvalue weighted by Crippen LogP contribution is -2.47. The van der Waals surface area contributed by atoms with Crippen molar-refractivity contribution in [3.8, 4) is 0 Å². The average Bonchev–Trinajstić information content (AvgIpc) is 2.78. The average molecular weight is 405 g/mol. The van der Waals surface area contributed by atoms with Gasteiger partial charge in [0.25, 0.3) is 0 Å². The van der Waals surface area contributed by atoms with Gasteiger partial charge in [-0.3, -0.25) is 9.59 Å². The van der Waals surface area contributed by atoms with Gasteiger partial charge < -0.3 is 15.4 Å². The lowest BCUT2D eigenvalue weighted by Gasteiger charge is -2.38. The molecule has 0 aromatic heterocycles. The Morgan fingerprint density at radius 3 is 2.56 bits per heavy atom. The summed E-state index contributed by atoms with van der Waals surface area (Å²) in [6.07, 6.45) is 2.39. The number of rotatable bonds is 8. The van der Waals surface area contributed by atoms with Crippen LogP contribution < -0.4 is 5.73 Å². The standard InChI is InChI=1S/C15H23N3O8S/c1-2-24-13(20)15(6-3-7-15)9-25-27(22,23)26-18-10-4-5-11(12(16)19)17(8-10)14(18)21/h10-11H,2-9H2,1H3,(H2,16,19). The minimum absolute atomic E-state index is 0.148. The van der Waals surface area contributed by atoms with E-state index in [0.717, 1.165) is 6.42 Å². The number of amides is 3. The van der Waals surface area contributed by atoms with Crippen LogP contribution in [0.25, 0.3) is 0 Å². The van der Waals surface area contributed by atoms with E-state index in [9.17, 15) is 22.8 Å². The molecular formula is C15H23N3O8S. The zero-order chi connectivity index (χ0) is 19.8. The highest BCUT2D eigenvalue weighted by Crippen LogP contribution is 2.43. The maximum absolute atomic E-state index is 12.4. The molecule has 1 saturated carbocycles. The first-order valence-electron chi connectivity index (χ1n) is 8.84. The molecule has 2 bridgehead atoms. The van der Waals surface area contributed by atoms with E-state index in [0.29, 0.717) is 30.7 Å². The summed E-state index contributed by atoms with van der Waals surface area (Å²) in [5.41, 5.74) is 4.28. The predicted molar refractivity (Wildman–Crippen MR) is 88.8 cm³/mol. The molecule has 2 atom stereocenters. The largest absolute Gasteiger partial charge is 0.465 e. The van der Waals surface area contributed by atoms with E-state index in [1.807, 2.05) is 0 Å². The van der Waals surface area contributed by atoms with Gasteiger partial charge in [0.15, 0.2) is 0 Å². The molecule has 3 rings (SSSR count). The molecule has 2 heterocycles. The third kappa shape index (κ3) is 3.73. The molecule has 11 nitrogen and oxygen atoms in total. The number of primary amides is 1. The maximum atomic E-state index is 12.4. The number of hydroxylamine groups is 2. The van der Waals surface area contributed by atoms with E-state index in [-0.39, 0.29) is 13.2 Å². The van der Waals surface area contributed by atoms with Crippen LogP contribution in [-0.4, -0.2) is 68.1 Å². The fourth-order valence-electron chi connectivity index (χ4n) is 3.63. The Morgan fingerprint density at radius 2 is 2.00 bits per heavy atom. The predicted octanol–water partition coefficient (Wildman–Crippen LogP) is -0.333. The van der Waals surface area contributed by atoms with Gasteiger partial charge in [0, 0.05) is 6.54 Å². The molecule has 0 radical (unpaired) electrons. The van der Waals surface area contributed by atoms with Crippen molar-refractivity contribution in [3.05, 3.63) is 0 Å². The number of esters is 1. The Hall–Kier alpha value is -1.92. The van der Waals surface area contributed by atoms with Gasteiger partial charge in [0.05, 0.1) is 24.7 Å². The maximum Gasteiger partial charge on any atom is 0.421 e. The van der Waals surface area contributed by atoms with Gasteiger partial charge in [-0.2, -0.15) is 13.5 Å². The van der Waals surface area contributed by atoms with Crippen molar-refractivity contribution in [2.75, 3.05) is 19.8 Å². The van der Waals surface area contributed by atoms with E-state index in [1.54, 1.807) is 6.92 Å². The first-order chi connectivity index (χ1) is 12.7. The highest BCUT2D eigenvalue weighted by atomic mass is 32.3. The Bertz CT molecular complexity index is 735. The fourth-order valence-corrected chi connectivity index (χ4v) is 4.42. The number of hydrogen-bond donors (Lipinski definition) is 1. The van der Waals surface area contributed by atoms with Crippen LogP contribution in [0.3, 0.4) is 0 Å². The van der Waals surface area contributed by atoms with Gasteiger partial charge in [0.1, 0.15) is 6.04 Å². The second kappa shape index (κ2) is 7.24. The highest BCUT2D eigenvalue weighted by Gasteiger charge is 2.50. The van der Waals surface area contributed by atoms with Crippen LogP contribution in [-0.2, 0) is 33.2 Å². The lowest BCUT2D eigenvalue weighted by atomic mass is 9.69. The van der Waals surface area contributed by atoms with Crippen LogP contribution in [0.5, 0.6) is 0 Å². The third-order valence-electron chi connectivity index (χ3n) is 5.32. The zero-order valence-corrected chi connectivity index (χ0v) is 15.8. The molecule has 0 aromatic rings. The second-order valence-electron chi connectivity index (χ2n) is 7.01. The molecule has 2 unspecified atom stereocenters. The van der Waals surface area contributed by atoms with E-state index >= 15 is 0 Å².